The number of hydrogen-bond donors (Lipinski definition) is 2. The molecular weight excluding hydrogens is 362 g/mol. The van der Waals surface area contributed by atoms with Crippen LogP contribution in [0.4, 0.5) is 0 Å². The second-order valence-corrected chi connectivity index (χ2v) is 7.80. The van der Waals surface area contributed by atoms with E-state index in [2.05, 4.69) is 11.1 Å². The molecule has 6 nitrogen and oxygen atoms in total. The molecule has 1 fully saturated rings. The first-order chi connectivity index (χ1) is 13.1. The van der Waals surface area contributed by atoms with E-state index in [9.17, 15) is 9.59 Å². The molecule has 1 aromatic carbocycles. The van der Waals surface area contributed by atoms with Crippen LogP contribution in [-0.2, 0) is 27.4 Å². The largest absolute Gasteiger partial charge is 0.367 e. The minimum absolute atomic E-state index is 0.0960. The summed E-state index contributed by atoms with van der Waals surface area (Å²) < 4.78 is 5.61. The Morgan fingerprint density at radius 1 is 1.19 bits per heavy atom. The smallest absolute Gasteiger partial charge is 0.252 e. The van der Waals surface area contributed by atoms with Crippen LogP contribution in [0.25, 0.3) is 10.9 Å². The third-order valence-electron chi connectivity index (χ3n) is 4.84. The number of H-pyrrole nitrogens is 1. The lowest BCUT2D eigenvalue weighted by molar-refractivity contribution is -0.146. The van der Waals surface area contributed by atoms with Crippen LogP contribution in [-0.4, -0.2) is 33.9 Å². The summed E-state index contributed by atoms with van der Waals surface area (Å²) in [5, 5.41) is 3.11. The number of carbonyl (C=O) groups excluding carboxylic acids is 2. The van der Waals surface area contributed by atoms with Gasteiger partial charge in [0.2, 0.25) is 5.91 Å². The highest BCUT2D eigenvalue weighted by atomic mass is 32.1. The van der Waals surface area contributed by atoms with Crippen molar-refractivity contribution < 1.29 is 14.3 Å². The molecule has 7 heteroatoms. The molecule has 3 aromatic rings. The van der Waals surface area contributed by atoms with E-state index in [1.807, 2.05) is 41.9 Å². The Hall–Kier alpha value is -2.64. The van der Waals surface area contributed by atoms with Crippen LogP contribution in [0.15, 0.2) is 48.0 Å². The molecule has 1 saturated heterocycles. The van der Waals surface area contributed by atoms with E-state index in [4.69, 9.17) is 10.5 Å². The van der Waals surface area contributed by atoms with E-state index in [0.717, 1.165) is 21.3 Å². The average molecular weight is 383 g/mol. The number of rotatable bonds is 6. The first kappa shape index (κ1) is 17.8. The monoisotopic (exact) mass is 383 g/mol. The van der Waals surface area contributed by atoms with Gasteiger partial charge < -0.3 is 20.4 Å². The number of nitrogens with one attached hydrogen (secondary N) is 1. The minimum atomic E-state index is -0.668. The highest BCUT2D eigenvalue weighted by Gasteiger charge is 2.36. The Morgan fingerprint density at radius 2 is 2.04 bits per heavy atom. The predicted octanol–water partition coefficient (Wildman–Crippen LogP) is 2.79. The first-order valence-corrected chi connectivity index (χ1v) is 9.80. The molecule has 0 radical (unpaired) electrons. The van der Waals surface area contributed by atoms with Crippen molar-refractivity contribution in [3.8, 4) is 0 Å². The van der Waals surface area contributed by atoms with Gasteiger partial charge in [-0.15, -0.1) is 11.3 Å². The molecule has 140 valence electrons. The Bertz CT molecular complexity index is 950. The number of aromatic nitrogens is 1. The van der Waals surface area contributed by atoms with Gasteiger partial charge in [-0.1, -0.05) is 12.1 Å². The lowest BCUT2D eigenvalue weighted by Gasteiger charge is -2.25. The van der Waals surface area contributed by atoms with Crippen LogP contribution in [0.2, 0.25) is 0 Å². The molecule has 27 heavy (non-hydrogen) atoms. The fourth-order valence-electron chi connectivity index (χ4n) is 3.46. The third kappa shape index (κ3) is 3.89. The molecule has 2 aromatic heterocycles. The van der Waals surface area contributed by atoms with E-state index in [1.165, 1.54) is 0 Å². The zero-order valence-electron chi connectivity index (χ0n) is 14.8. The summed E-state index contributed by atoms with van der Waals surface area (Å²) in [4.78, 5) is 30.5. The Kier molecular flexibility index (Phi) is 4.96. The van der Waals surface area contributed by atoms with Gasteiger partial charge in [-0.3, -0.25) is 9.59 Å². The number of benzene rings is 1. The molecule has 0 spiro atoms. The molecule has 0 saturated carbocycles. The summed E-state index contributed by atoms with van der Waals surface area (Å²) in [5.41, 5.74) is 7.44. The van der Waals surface area contributed by atoms with Gasteiger partial charge in [0.1, 0.15) is 12.2 Å². The van der Waals surface area contributed by atoms with Crippen LogP contribution < -0.4 is 5.73 Å². The summed E-state index contributed by atoms with van der Waals surface area (Å²) in [6.07, 6.45) is 1.63. The molecule has 0 aliphatic carbocycles. The quantitative estimate of drug-likeness (QED) is 0.686. The molecular formula is C20H21N3O3S. The average Bonchev–Trinajstić information content (AvgIpc) is 3.40. The third-order valence-corrected chi connectivity index (χ3v) is 5.70. The van der Waals surface area contributed by atoms with Crippen molar-refractivity contribution >= 4 is 34.1 Å². The molecule has 0 bridgehead atoms. The summed E-state index contributed by atoms with van der Waals surface area (Å²) >= 11 is 1.62. The number of amides is 2. The topological polar surface area (TPSA) is 88.4 Å². The summed E-state index contributed by atoms with van der Waals surface area (Å²) in [7, 11) is 0. The fraction of sp³-hybridized carbons (Fsp3) is 0.300. The van der Waals surface area contributed by atoms with Crippen molar-refractivity contribution in [2.45, 2.75) is 38.1 Å². The van der Waals surface area contributed by atoms with Crippen LogP contribution in [0, 0.1) is 0 Å². The van der Waals surface area contributed by atoms with E-state index >= 15 is 0 Å². The lowest BCUT2D eigenvalue weighted by atomic mass is 10.1. The number of fused-ring (bicyclic) bond motifs is 1. The maximum Gasteiger partial charge on any atom is 0.252 e. The molecule has 0 unspecified atom stereocenters. The van der Waals surface area contributed by atoms with Gasteiger partial charge in [0, 0.05) is 23.1 Å². The number of nitrogens with two attached hydrogens (primary N) is 1. The molecule has 4 rings (SSSR count). The lowest BCUT2D eigenvalue weighted by Crippen LogP contribution is -2.39. The van der Waals surface area contributed by atoms with Gasteiger partial charge in [0.05, 0.1) is 6.54 Å². The molecule has 3 heterocycles. The zero-order chi connectivity index (χ0) is 18.8. The number of nitrogens with zero attached hydrogens (tertiary/aromatic N) is 1. The van der Waals surface area contributed by atoms with Crippen LogP contribution in [0.3, 0.4) is 0 Å². The van der Waals surface area contributed by atoms with Crippen LogP contribution in [0.1, 0.15) is 23.3 Å². The van der Waals surface area contributed by atoms with Crippen molar-refractivity contribution in [2.75, 3.05) is 0 Å². The van der Waals surface area contributed by atoms with Crippen molar-refractivity contribution in [1.29, 1.82) is 0 Å². The van der Waals surface area contributed by atoms with E-state index in [1.54, 1.807) is 16.2 Å². The highest BCUT2D eigenvalue weighted by Crippen LogP contribution is 2.24. The Labute approximate surface area is 160 Å². The number of thiophene rings is 1. The molecule has 2 atom stereocenters. The maximum absolute atomic E-state index is 13.1. The minimum Gasteiger partial charge on any atom is -0.367 e. The molecule has 1 aliphatic rings. The van der Waals surface area contributed by atoms with E-state index in [-0.39, 0.29) is 5.91 Å². The van der Waals surface area contributed by atoms with E-state index < -0.39 is 18.1 Å². The van der Waals surface area contributed by atoms with Gasteiger partial charge in [0.15, 0.2) is 0 Å². The fourth-order valence-corrected chi connectivity index (χ4v) is 4.18. The van der Waals surface area contributed by atoms with Gasteiger partial charge in [-0.25, -0.2) is 0 Å². The maximum atomic E-state index is 13.1. The number of primary amides is 1. The van der Waals surface area contributed by atoms with Crippen molar-refractivity contribution in [2.24, 2.45) is 5.73 Å². The van der Waals surface area contributed by atoms with Crippen LogP contribution >= 0.6 is 11.3 Å². The van der Waals surface area contributed by atoms with Crippen molar-refractivity contribution in [3.05, 3.63) is 58.4 Å². The standard InChI is InChI=1S/C20H21N3O3S/c21-19(24)17-5-6-18(26-17)20(25)23(12-15-2-1-9-27-15)11-13-3-4-16-14(10-13)7-8-22-16/h1-4,7-10,17-18,22H,5-6,11-12H2,(H2,21,24)/t17-,18+/m0/s1. The Balaban J connectivity index is 1.54. The number of ether oxygens (including phenoxy) is 1. The highest BCUT2D eigenvalue weighted by molar-refractivity contribution is 7.09. The van der Waals surface area contributed by atoms with E-state index in [0.29, 0.717) is 25.9 Å². The van der Waals surface area contributed by atoms with Gasteiger partial charge in [-0.2, -0.15) is 0 Å². The normalized spacial score (nSPS) is 19.4. The van der Waals surface area contributed by atoms with Gasteiger partial charge in [-0.05, 0) is 53.4 Å². The summed E-state index contributed by atoms with van der Waals surface area (Å²) in [6.45, 7) is 1.00. The first-order valence-electron chi connectivity index (χ1n) is 8.92. The summed E-state index contributed by atoms with van der Waals surface area (Å²) in [5.74, 6) is -0.602. The summed E-state index contributed by atoms with van der Waals surface area (Å²) in [6, 6.07) is 12.1. The van der Waals surface area contributed by atoms with Crippen molar-refractivity contribution in [1.82, 2.24) is 9.88 Å². The second kappa shape index (κ2) is 7.54. The zero-order valence-corrected chi connectivity index (χ0v) is 15.6. The number of aromatic amines is 1. The SMILES string of the molecule is NC(=O)[C@@H]1CC[C@H](C(=O)N(Cc2ccc3[nH]ccc3c2)Cc2cccs2)O1. The Morgan fingerprint density at radius 3 is 2.78 bits per heavy atom. The molecule has 3 N–H and O–H groups in total. The predicted molar refractivity (Wildman–Crippen MR) is 104 cm³/mol. The van der Waals surface area contributed by atoms with Gasteiger partial charge in [0.25, 0.3) is 5.91 Å². The number of hydrogen-bond acceptors (Lipinski definition) is 4. The molecule has 2 amide bonds. The molecule has 1 aliphatic heterocycles. The number of carbonyl (C=O) groups is 2. The second-order valence-electron chi connectivity index (χ2n) is 6.77. The van der Waals surface area contributed by atoms with Crippen LogP contribution in [0.5, 0.6) is 0 Å². The van der Waals surface area contributed by atoms with Crippen molar-refractivity contribution in [3.63, 3.8) is 0 Å². The van der Waals surface area contributed by atoms with Gasteiger partial charge >= 0.3 is 0 Å².